The highest BCUT2D eigenvalue weighted by Gasteiger charge is 2.01. The van der Waals surface area contributed by atoms with Crippen molar-refractivity contribution in [1.82, 2.24) is 5.43 Å². The number of rotatable bonds is 4. The standard InChI is InChI=1S/C15H13FN2O/c16-14-8-6-12(7-9-14)10-15(19)18-17-11-13-4-2-1-3-5-13/h1-9,11H,10H2,(H,18,19)/b17-11+. The van der Waals surface area contributed by atoms with E-state index in [1.807, 2.05) is 30.3 Å². The van der Waals surface area contributed by atoms with Crippen LogP contribution in [-0.4, -0.2) is 12.1 Å². The minimum Gasteiger partial charge on any atom is -0.273 e. The number of hydrogen-bond donors (Lipinski definition) is 1. The van der Waals surface area contributed by atoms with Gasteiger partial charge in [-0.2, -0.15) is 5.10 Å². The summed E-state index contributed by atoms with van der Waals surface area (Å²) in [5.74, 6) is -0.551. The molecule has 3 nitrogen and oxygen atoms in total. The van der Waals surface area contributed by atoms with E-state index in [1.165, 1.54) is 12.1 Å². The predicted octanol–water partition coefficient (Wildman–Crippen LogP) is 2.52. The van der Waals surface area contributed by atoms with Crippen LogP contribution in [0.5, 0.6) is 0 Å². The van der Waals surface area contributed by atoms with Crippen molar-refractivity contribution in [2.75, 3.05) is 0 Å². The maximum absolute atomic E-state index is 12.7. The molecule has 2 rings (SSSR count). The molecule has 0 atom stereocenters. The van der Waals surface area contributed by atoms with Gasteiger partial charge in [0.05, 0.1) is 12.6 Å². The third kappa shape index (κ3) is 4.35. The number of hydrazone groups is 1. The van der Waals surface area contributed by atoms with Crippen LogP contribution >= 0.6 is 0 Å². The maximum Gasteiger partial charge on any atom is 0.244 e. The first kappa shape index (κ1) is 13.0. The Bertz CT molecular complexity index is 564. The quantitative estimate of drug-likeness (QED) is 0.662. The van der Waals surface area contributed by atoms with Crippen molar-refractivity contribution in [1.29, 1.82) is 0 Å². The molecule has 0 fully saturated rings. The Labute approximate surface area is 110 Å². The third-order valence-electron chi connectivity index (χ3n) is 2.48. The zero-order valence-electron chi connectivity index (χ0n) is 10.2. The van der Waals surface area contributed by atoms with E-state index >= 15 is 0 Å². The van der Waals surface area contributed by atoms with Gasteiger partial charge in [-0.15, -0.1) is 0 Å². The van der Waals surface area contributed by atoms with Crippen LogP contribution in [0.2, 0.25) is 0 Å². The van der Waals surface area contributed by atoms with Gasteiger partial charge < -0.3 is 0 Å². The van der Waals surface area contributed by atoms with Gasteiger partial charge in [0.1, 0.15) is 5.82 Å². The summed E-state index contributed by atoms with van der Waals surface area (Å²) < 4.78 is 12.7. The largest absolute Gasteiger partial charge is 0.273 e. The summed E-state index contributed by atoms with van der Waals surface area (Å²) in [6, 6.07) is 15.3. The van der Waals surface area contributed by atoms with Gasteiger partial charge in [0.25, 0.3) is 0 Å². The molecule has 19 heavy (non-hydrogen) atoms. The molecule has 2 aromatic rings. The number of nitrogens with one attached hydrogen (secondary N) is 1. The van der Waals surface area contributed by atoms with Crippen LogP contribution in [0.1, 0.15) is 11.1 Å². The highest BCUT2D eigenvalue weighted by atomic mass is 19.1. The molecule has 4 heteroatoms. The second-order valence-corrected chi connectivity index (χ2v) is 4.01. The van der Waals surface area contributed by atoms with Gasteiger partial charge in [0.15, 0.2) is 0 Å². The van der Waals surface area contributed by atoms with Crippen molar-refractivity contribution >= 4 is 12.1 Å². The summed E-state index contributed by atoms with van der Waals surface area (Å²) in [5.41, 5.74) is 4.08. The lowest BCUT2D eigenvalue weighted by Gasteiger charge is -2.00. The van der Waals surface area contributed by atoms with Crippen LogP contribution < -0.4 is 5.43 Å². The lowest BCUT2D eigenvalue weighted by molar-refractivity contribution is -0.120. The number of nitrogens with zero attached hydrogens (tertiary/aromatic N) is 1. The highest BCUT2D eigenvalue weighted by molar-refractivity contribution is 5.83. The van der Waals surface area contributed by atoms with Gasteiger partial charge in [0, 0.05) is 0 Å². The van der Waals surface area contributed by atoms with E-state index in [9.17, 15) is 9.18 Å². The summed E-state index contributed by atoms with van der Waals surface area (Å²) in [6.45, 7) is 0. The molecule has 0 bridgehead atoms. The first-order chi connectivity index (χ1) is 9.24. The lowest BCUT2D eigenvalue weighted by Crippen LogP contribution is -2.19. The number of benzene rings is 2. The molecular formula is C15H13FN2O. The van der Waals surface area contributed by atoms with Gasteiger partial charge in [-0.1, -0.05) is 42.5 Å². The minimum absolute atomic E-state index is 0.173. The number of hydrogen-bond acceptors (Lipinski definition) is 2. The molecule has 2 aromatic carbocycles. The fourth-order valence-electron chi connectivity index (χ4n) is 1.55. The molecule has 0 aliphatic heterocycles. The average Bonchev–Trinajstić information content (AvgIpc) is 2.43. The summed E-state index contributed by atoms with van der Waals surface area (Å²) in [6.07, 6.45) is 1.75. The topological polar surface area (TPSA) is 41.5 Å². The molecule has 0 saturated carbocycles. The molecule has 0 saturated heterocycles. The first-order valence-electron chi connectivity index (χ1n) is 5.85. The second kappa shape index (κ2) is 6.44. The number of halogens is 1. The van der Waals surface area contributed by atoms with Crippen LogP contribution in [0.15, 0.2) is 59.7 Å². The van der Waals surface area contributed by atoms with Gasteiger partial charge in [-0.25, -0.2) is 9.82 Å². The van der Waals surface area contributed by atoms with Crippen LogP contribution in [0.3, 0.4) is 0 Å². The molecule has 0 radical (unpaired) electrons. The van der Waals surface area contributed by atoms with Crippen LogP contribution in [0, 0.1) is 5.82 Å². The zero-order chi connectivity index (χ0) is 13.5. The Kier molecular flexibility index (Phi) is 4.39. The van der Waals surface area contributed by atoms with Crippen molar-refractivity contribution in [3.63, 3.8) is 0 Å². The Hall–Kier alpha value is -2.49. The maximum atomic E-state index is 12.7. The molecule has 0 aliphatic carbocycles. The minimum atomic E-state index is -0.314. The molecule has 0 aliphatic rings. The van der Waals surface area contributed by atoms with E-state index in [0.29, 0.717) is 0 Å². The molecule has 1 N–H and O–H groups in total. The average molecular weight is 256 g/mol. The summed E-state index contributed by atoms with van der Waals surface area (Å²) in [5, 5.41) is 3.86. The van der Waals surface area contributed by atoms with Gasteiger partial charge in [-0.3, -0.25) is 4.79 Å². The number of carbonyl (C=O) groups excluding carboxylic acids is 1. The molecule has 1 amide bonds. The molecule has 0 unspecified atom stereocenters. The van der Waals surface area contributed by atoms with Gasteiger partial charge >= 0.3 is 0 Å². The Morgan fingerprint density at radius 3 is 2.47 bits per heavy atom. The Morgan fingerprint density at radius 2 is 1.79 bits per heavy atom. The predicted molar refractivity (Wildman–Crippen MR) is 72.3 cm³/mol. The van der Waals surface area contributed by atoms with E-state index in [0.717, 1.165) is 11.1 Å². The monoisotopic (exact) mass is 256 g/mol. The fraction of sp³-hybridized carbons (Fsp3) is 0.0667. The SMILES string of the molecule is O=C(Cc1ccc(F)cc1)N/N=C/c1ccccc1. The molecule has 0 spiro atoms. The van der Waals surface area contributed by atoms with Gasteiger partial charge in [-0.05, 0) is 23.3 Å². The number of amides is 1. The third-order valence-corrected chi connectivity index (χ3v) is 2.48. The summed E-state index contributed by atoms with van der Waals surface area (Å²) in [4.78, 5) is 11.6. The molecule has 0 aromatic heterocycles. The van der Waals surface area contributed by atoms with E-state index in [4.69, 9.17) is 0 Å². The van der Waals surface area contributed by atoms with E-state index in [1.54, 1.807) is 18.3 Å². The van der Waals surface area contributed by atoms with Crippen molar-refractivity contribution in [3.05, 3.63) is 71.5 Å². The summed E-state index contributed by atoms with van der Waals surface area (Å²) >= 11 is 0. The smallest absolute Gasteiger partial charge is 0.244 e. The fourth-order valence-corrected chi connectivity index (χ4v) is 1.55. The lowest BCUT2D eigenvalue weighted by atomic mass is 10.1. The molecule has 96 valence electrons. The highest BCUT2D eigenvalue weighted by Crippen LogP contribution is 2.03. The van der Waals surface area contributed by atoms with Crippen LogP contribution in [-0.2, 0) is 11.2 Å². The zero-order valence-corrected chi connectivity index (χ0v) is 10.2. The Balaban J connectivity index is 1.85. The van der Waals surface area contributed by atoms with E-state index in [-0.39, 0.29) is 18.1 Å². The van der Waals surface area contributed by atoms with Crippen LogP contribution in [0.25, 0.3) is 0 Å². The van der Waals surface area contributed by atoms with Gasteiger partial charge in [0.2, 0.25) is 5.91 Å². The van der Waals surface area contributed by atoms with Crippen molar-refractivity contribution in [2.24, 2.45) is 5.10 Å². The normalized spacial score (nSPS) is 10.6. The van der Waals surface area contributed by atoms with Crippen molar-refractivity contribution in [2.45, 2.75) is 6.42 Å². The van der Waals surface area contributed by atoms with E-state index in [2.05, 4.69) is 10.5 Å². The van der Waals surface area contributed by atoms with E-state index < -0.39 is 0 Å². The Morgan fingerprint density at radius 1 is 1.11 bits per heavy atom. The van der Waals surface area contributed by atoms with Crippen molar-refractivity contribution < 1.29 is 9.18 Å². The summed E-state index contributed by atoms with van der Waals surface area (Å²) in [7, 11) is 0. The first-order valence-corrected chi connectivity index (χ1v) is 5.85. The number of carbonyl (C=O) groups is 1. The molecular weight excluding hydrogens is 243 g/mol. The molecule has 0 heterocycles. The second-order valence-electron chi connectivity index (χ2n) is 4.01. The van der Waals surface area contributed by atoms with Crippen molar-refractivity contribution in [3.8, 4) is 0 Å². The van der Waals surface area contributed by atoms with Crippen LogP contribution in [0.4, 0.5) is 4.39 Å².